The van der Waals surface area contributed by atoms with E-state index >= 15 is 0 Å². The molecule has 2 heterocycles. The molecule has 80 valence electrons. The second-order valence-electron chi connectivity index (χ2n) is 3.22. The summed E-state index contributed by atoms with van der Waals surface area (Å²) in [6.07, 6.45) is 1.43. The molecule has 0 aliphatic rings. The standard InChI is InChI=1S/C10H6BrN3OS/c11-5-1-6(8-3-16-10(12)14-8)9-7(2-5)13-4-15-9/h1-4H,(H2,12,14). The number of nitrogen functional groups attached to an aromatic ring is 1. The minimum atomic E-state index is 0.544. The number of benzene rings is 1. The Labute approximate surface area is 103 Å². The van der Waals surface area contributed by atoms with Gasteiger partial charge in [-0.25, -0.2) is 9.97 Å². The molecule has 4 nitrogen and oxygen atoms in total. The first-order chi connectivity index (χ1) is 7.74. The highest BCUT2D eigenvalue weighted by molar-refractivity contribution is 9.10. The molecule has 0 aliphatic heterocycles. The molecule has 0 atom stereocenters. The van der Waals surface area contributed by atoms with Crippen LogP contribution in [0.1, 0.15) is 0 Å². The van der Waals surface area contributed by atoms with E-state index in [1.165, 1.54) is 17.7 Å². The Morgan fingerprint density at radius 3 is 3.00 bits per heavy atom. The van der Waals surface area contributed by atoms with Crippen molar-refractivity contribution in [1.82, 2.24) is 9.97 Å². The highest BCUT2D eigenvalue weighted by Crippen LogP contribution is 2.32. The zero-order chi connectivity index (χ0) is 11.1. The van der Waals surface area contributed by atoms with Crippen LogP contribution in [0, 0.1) is 0 Å². The summed E-state index contributed by atoms with van der Waals surface area (Å²) in [6.45, 7) is 0. The number of hydrogen-bond acceptors (Lipinski definition) is 5. The molecule has 6 heteroatoms. The lowest BCUT2D eigenvalue weighted by atomic mass is 10.1. The van der Waals surface area contributed by atoms with Crippen LogP contribution in [-0.4, -0.2) is 9.97 Å². The zero-order valence-electron chi connectivity index (χ0n) is 7.98. The predicted octanol–water partition coefficient (Wildman–Crippen LogP) is 3.30. The summed E-state index contributed by atoms with van der Waals surface area (Å²) in [6, 6.07) is 3.85. The zero-order valence-corrected chi connectivity index (χ0v) is 10.4. The van der Waals surface area contributed by atoms with E-state index in [-0.39, 0.29) is 0 Å². The van der Waals surface area contributed by atoms with Gasteiger partial charge in [0.2, 0.25) is 0 Å². The minimum absolute atomic E-state index is 0.544. The molecule has 0 bridgehead atoms. The molecule has 2 aromatic heterocycles. The normalized spacial score (nSPS) is 11.1. The molecule has 0 fully saturated rings. The van der Waals surface area contributed by atoms with E-state index in [1.54, 1.807) is 0 Å². The number of nitrogens with two attached hydrogens (primary N) is 1. The van der Waals surface area contributed by atoms with Crippen molar-refractivity contribution in [3.8, 4) is 11.3 Å². The summed E-state index contributed by atoms with van der Waals surface area (Å²) in [7, 11) is 0. The molecule has 3 rings (SSSR count). The molecule has 0 amide bonds. The van der Waals surface area contributed by atoms with Crippen molar-refractivity contribution in [3.63, 3.8) is 0 Å². The maximum atomic E-state index is 5.62. The van der Waals surface area contributed by atoms with E-state index in [9.17, 15) is 0 Å². The Kier molecular flexibility index (Phi) is 2.19. The lowest BCUT2D eigenvalue weighted by Crippen LogP contribution is -1.84. The maximum Gasteiger partial charge on any atom is 0.182 e. The van der Waals surface area contributed by atoms with Gasteiger partial charge < -0.3 is 10.2 Å². The average molecular weight is 296 g/mol. The lowest BCUT2D eigenvalue weighted by molar-refractivity contribution is 0.603. The number of anilines is 1. The van der Waals surface area contributed by atoms with Gasteiger partial charge in [0.15, 0.2) is 17.1 Å². The van der Waals surface area contributed by atoms with Crippen molar-refractivity contribution in [2.24, 2.45) is 0 Å². The van der Waals surface area contributed by atoms with Gasteiger partial charge in [-0.1, -0.05) is 15.9 Å². The van der Waals surface area contributed by atoms with Crippen LogP contribution in [0.2, 0.25) is 0 Å². The smallest absolute Gasteiger partial charge is 0.182 e. The van der Waals surface area contributed by atoms with Crippen molar-refractivity contribution in [2.45, 2.75) is 0 Å². The number of halogens is 1. The van der Waals surface area contributed by atoms with E-state index in [0.29, 0.717) is 5.13 Å². The first kappa shape index (κ1) is 9.80. The molecule has 0 saturated heterocycles. The molecular formula is C10H6BrN3OS. The number of hydrogen-bond donors (Lipinski definition) is 1. The average Bonchev–Trinajstić information content (AvgIpc) is 2.84. The lowest BCUT2D eigenvalue weighted by Gasteiger charge is -1.98. The molecule has 0 spiro atoms. The fourth-order valence-corrected chi connectivity index (χ4v) is 2.55. The Balaban J connectivity index is 2.33. The van der Waals surface area contributed by atoms with Gasteiger partial charge >= 0.3 is 0 Å². The number of oxazole rings is 1. The van der Waals surface area contributed by atoms with Crippen LogP contribution in [0.3, 0.4) is 0 Å². The summed E-state index contributed by atoms with van der Waals surface area (Å²) in [5, 5.41) is 2.45. The third kappa shape index (κ3) is 1.50. The quantitative estimate of drug-likeness (QED) is 0.748. The van der Waals surface area contributed by atoms with Crippen LogP contribution in [0.15, 0.2) is 32.8 Å². The van der Waals surface area contributed by atoms with Crippen molar-refractivity contribution >= 4 is 43.5 Å². The van der Waals surface area contributed by atoms with Gasteiger partial charge in [0.1, 0.15) is 5.52 Å². The van der Waals surface area contributed by atoms with Gasteiger partial charge in [0.05, 0.1) is 5.69 Å². The summed E-state index contributed by atoms with van der Waals surface area (Å²) in [5.41, 5.74) is 8.86. The molecule has 0 radical (unpaired) electrons. The first-order valence-corrected chi connectivity index (χ1v) is 6.15. The molecule has 0 saturated carbocycles. The van der Waals surface area contributed by atoms with Gasteiger partial charge in [-0.2, -0.15) is 0 Å². The van der Waals surface area contributed by atoms with E-state index in [1.807, 2.05) is 17.5 Å². The van der Waals surface area contributed by atoms with Crippen LogP contribution in [-0.2, 0) is 0 Å². The third-order valence-corrected chi connectivity index (χ3v) is 3.33. The van der Waals surface area contributed by atoms with E-state index < -0.39 is 0 Å². The van der Waals surface area contributed by atoms with Gasteiger partial charge in [0.25, 0.3) is 0 Å². The summed E-state index contributed by atoms with van der Waals surface area (Å²) >= 11 is 4.84. The Morgan fingerprint density at radius 2 is 2.25 bits per heavy atom. The maximum absolute atomic E-state index is 5.62. The van der Waals surface area contributed by atoms with Gasteiger partial charge in [0, 0.05) is 15.4 Å². The Hall–Kier alpha value is -1.40. The monoisotopic (exact) mass is 295 g/mol. The van der Waals surface area contributed by atoms with Crippen molar-refractivity contribution in [1.29, 1.82) is 0 Å². The van der Waals surface area contributed by atoms with Crippen molar-refractivity contribution in [3.05, 3.63) is 28.4 Å². The van der Waals surface area contributed by atoms with Crippen LogP contribution in [0.4, 0.5) is 5.13 Å². The van der Waals surface area contributed by atoms with Gasteiger partial charge in [-0.15, -0.1) is 11.3 Å². The third-order valence-electron chi connectivity index (χ3n) is 2.19. The van der Waals surface area contributed by atoms with Crippen LogP contribution in [0.5, 0.6) is 0 Å². The second-order valence-corrected chi connectivity index (χ2v) is 5.03. The van der Waals surface area contributed by atoms with Crippen molar-refractivity contribution < 1.29 is 4.42 Å². The highest BCUT2D eigenvalue weighted by Gasteiger charge is 2.11. The number of thiazole rings is 1. The fourth-order valence-electron chi connectivity index (χ4n) is 1.54. The fraction of sp³-hybridized carbons (Fsp3) is 0. The Morgan fingerprint density at radius 1 is 1.38 bits per heavy atom. The highest BCUT2D eigenvalue weighted by atomic mass is 79.9. The summed E-state index contributed by atoms with van der Waals surface area (Å²) in [5.74, 6) is 0. The molecule has 16 heavy (non-hydrogen) atoms. The molecule has 0 aliphatic carbocycles. The summed E-state index contributed by atoms with van der Waals surface area (Å²) in [4.78, 5) is 8.36. The number of aromatic nitrogens is 2. The molecular weight excluding hydrogens is 290 g/mol. The van der Waals surface area contributed by atoms with Crippen LogP contribution >= 0.6 is 27.3 Å². The molecule has 3 aromatic rings. The topological polar surface area (TPSA) is 64.9 Å². The Bertz CT molecular complexity index is 661. The van der Waals surface area contributed by atoms with E-state index in [2.05, 4.69) is 25.9 Å². The molecule has 2 N–H and O–H groups in total. The SMILES string of the molecule is Nc1nc(-c2cc(Br)cc3ncoc23)cs1. The summed E-state index contributed by atoms with van der Waals surface area (Å²) < 4.78 is 6.30. The van der Waals surface area contributed by atoms with Gasteiger partial charge in [-0.05, 0) is 12.1 Å². The van der Waals surface area contributed by atoms with Gasteiger partial charge in [-0.3, -0.25) is 0 Å². The predicted molar refractivity (Wildman–Crippen MR) is 67.2 cm³/mol. The minimum Gasteiger partial charge on any atom is -0.443 e. The van der Waals surface area contributed by atoms with Crippen LogP contribution < -0.4 is 5.73 Å². The number of fused-ring (bicyclic) bond motifs is 1. The van der Waals surface area contributed by atoms with E-state index in [0.717, 1.165) is 26.8 Å². The molecule has 1 aromatic carbocycles. The number of nitrogens with zero attached hydrogens (tertiary/aromatic N) is 2. The van der Waals surface area contributed by atoms with Crippen LogP contribution in [0.25, 0.3) is 22.4 Å². The van der Waals surface area contributed by atoms with E-state index in [4.69, 9.17) is 10.2 Å². The number of rotatable bonds is 1. The first-order valence-electron chi connectivity index (χ1n) is 4.48. The largest absolute Gasteiger partial charge is 0.443 e. The van der Waals surface area contributed by atoms with Crippen molar-refractivity contribution in [2.75, 3.05) is 5.73 Å². The second kappa shape index (κ2) is 3.57. The molecule has 0 unspecified atom stereocenters.